The molecule has 1 amide bonds. The highest BCUT2D eigenvalue weighted by Crippen LogP contribution is 2.19. The maximum absolute atomic E-state index is 12.5. The first kappa shape index (κ1) is 16.6. The van der Waals surface area contributed by atoms with Crippen LogP contribution in [0.2, 0.25) is 0 Å². The van der Waals surface area contributed by atoms with Crippen molar-refractivity contribution in [1.29, 1.82) is 0 Å². The van der Waals surface area contributed by atoms with Crippen LogP contribution in [0.3, 0.4) is 0 Å². The van der Waals surface area contributed by atoms with Crippen LogP contribution in [-0.4, -0.2) is 82.7 Å². The van der Waals surface area contributed by atoms with E-state index in [1.165, 1.54) is 0 Å². The molecule has 0 aromatic carbocycles. The van der Waals surface area contributed by atoms with Gasteiger partial charge in [0.15, 0.2) is 0 Å². The quantitative estimate of drug-likeness (QED) is 0.815. The number of hydrogen-bond acceptors (Lipinski definition) is 5. The molecule has 2 heterocycles. The van der Waals surface area contributed by atoms with Gasteiger partial charge in [0.2, 0.25) is 5.91 Å². The second-order valence-electron chi connectivity index (χ2n) is 5.85. The van der Waals surface area contributed by atoms with Gasteiger partial charge in [-0.05, 0) is 13.8 Å². The van der Waals surface area contributed by atoms with Crippen molar-refractivity contribution in [3.05, 3.63) is 0 Å². The van der Waals surface area contributed by atoms with Crippen LogP contribution in [0.4, 0.5) is 0 Å². The molecular weight excluding hydrogens is 292 g/mol. The third-order valence-electron chi connectivity index (χ3n) is 3.87. The van der Waals surface area contributed by atoms with Crippen molar-refractivity contribution in [1.82, 2.24) is 9.80 Å². The lowest BCUT2D eigenvalue weighted by Gasteiger charge is -2.39. The van der Waals surface area contributed by atoms with Gasteiger partial charge in [-0.1, -0.05) is 0 Å². The highest BCUT2D eigenvalue weighted by Gasteiger charge is 2.30. The summed E-state index contributed by atoms with van der Waals surface area (Å²) in [7, 11) is 0. The molecular formula is C14H24N2O4S. The Kier molecular flexibility index (Phi) is 5.89. The van der Waals surface area contributed by atoms with E-state index in [0.29, 0.717) is 19.6 Å². The number of carboxylic acids is 1. The van der Waals surface area contributed by atoms with E-state index in [1.54, 1.807) is 11.8 Å². The number of carbonyl (C=O) groups is 2. The maximum atomic E-state index is 12.5. The van der Waals surface area contributed by atoms with Crippen LogP contribution in [0, 0.1) is 0 Å². The van der Waals surface area contributed by atoms with E-state index in [0.717, 1.165) is 18.1 Å². The van der Waals surface area contributed by atoms with Gasteiger partial charge in [0.25, 0.3) is 0 Å². The Bertz CT molecular complexity index is 383. The fourth-order valence-corrected chi connectivity index (χ4v) is 4.07. The van der Waals surface area contributed by atoms with Crippen molar-refractivity contribution >= 4 is 23.6 Å². The van der Waals surface area contributed by atoms with E-state index in [9.17, 15) is 9.59 Å². The van der Waals surface area contributed by atoms with E-state index < -0.39 is 5.97 Å². The first-order valence-electron chi connectivity index (χ1n) is 7.42. The Morgan fingerprint density at radius 3 is 2.57 bits per heavy atom. The molecule has 0 aromatic heterocycles. The first-order valence-corrected chi connectivity index (χ1v) is 8.58. The molecule has 2 rings (SSSR count). The third kappa shape index (κ3) is 4.86. The SMILES string of the molecule is CC1CN(C(=O)CN2CCSCC2CC(=O)O)CC(C)O1. The third-order valence-corrected chi connectivity index (χ3v) is 4.96. The van der Waals surface area contributed by atoms with Crippen molar-refractivity contribution in [3.63, 3.8) is 0 Å². The highest BCUT2D eigenvalue weighted by atomic mass is 32.2. The molecule has 2 fully saturated rings. The van der Waals surface area contributed by atoms with Gasteiger partial charge >= 0.3 is 5.97 Å². The van der Waals surface area contributed by atoms with Crippen molar-refractivity contribution in [2.45, 2.75) is 38.5 Å². The molecule has 2 aliphatic heterocycles. The zero-order valence-electron chi connectivity index (χ0n) is 12.7. The van der Waals surface area contributed by atoms with Crippen LogP contribution in [-0.2, 0) is 14.3 Å². The standard InChI is InChI=1S/C14H24N2O4S/c1-10-6-16(7-11(2)20-10)13(17)8-15-3-4-21-9-12(15)5-14(18)19/h10-12H,3-9H2,1-2H3,(H,18,19). The number of morpholine rings is 1. The molecule has 3 atom stereocenters. The molecule has 0 bridgehead atoms. The highest BCUT2D eigenvalue weighted by molar-refractivity contribution is 7.99. The molecule has 0 radical (unpaired) electrons. The van der Waals surface area contributed by atoms with Crippen molar-refractivity contribution in [2.75, 3.05) is 37.7 Å². The monoisotopic (exact) mass is 316 g/mol. The zero-order chi connectivity index (χ0) is 15.4. The summed E-state index contributed by atoms with van der Waals surface area (Å²) >= 11 is 1.76. The van der Waals surface area contributed by atoms with Gasteiger partial charge < -0.3 is 14.7 Å². The molecule has 0 aromatic rings. The minimum absolute atomic E-state index is 0.0407. The molecule has 3 unspecified atom stereocenters. The molecule has 21 heavy (non-hydrogen) atoms. The summed E-state index contributed by atoms with van der Waals surface area (Å²) in [6.07, 6.45) is 0.227. The maximum Gasteiger partial charge on any atom is 0.304 e. The van der Waals surface area contributed by atoms with E-state index >= 15 is 0 Å². The van der Waals surface area contributed by atoms with E-state index in [1.807, 2.05) is 23.6 Å². The Labute approximate surface area is 129 Å². The fraction of sp³-hybridized carbons (Fsp3) is 0.857. The van der Waals surface area contributed by atoms with Crippen LogP contribution < -0.4 is 0 Å². The Morgan fingerprint density at radius 1 is 1.29 bits per heavy atom. The molecule has 2 saturated heterocycles. The van der Waals surface area contributed by atoms with Crippen LogP contribution in [0.5, 0.6) is 0 Å². The lowest BCUT2D eigenvalue weighted by atomic mass is 10.2. The van der Waals surface area contributed by atoms with Gasteiger partial charge in [0, 0.05) is 37.2 Å². The number of carboxylic acid groups (broad SMARTS) is 1. The molecule has 0 spiro atoms. The number of aliphatic carboxylic acids is 1. The van der Waals surface area contributed by atoms with Crippen LogP contribution in [0.15, 0.2) is 0 Å². The Morgan fingerprint density at radius 2 is 1.95 bits per heavy atom. The van der Waals surface area contributed by atoms with Gasteiger partial charge in [-0.2, -0.15) is 11.8 Å². The predicted molar refractivity (Wildman–Crippen MR) is 81.5 cm³/mol. The molecule has 2 aliphatic rings. The lowest BCUT2D eigenvalue weighted by molar-refractivity contribution is -0.146. The molecule has 0 aliphatic carbocycles. The number of carbonyl (C=O) groups excluding carboxylic acids is 1. The number of amides is 1. The number of hydrogen-bond donors (Lipinski definition) is 1. The van der Waals surface area contributed by atoms with Crippen molar-refractivity contribution in [2.24, 2.45) is 0 Å². The van der Waals surface area contributed by atoms with Gasteiger partial charge in [-0.25, -0.2) is 0 Å². The number of ether oxygens (including phenoxy) is 1. The summed E-state index contributed by atoms with van der Waals surface area (Å²) in [6.45, 7) is 6.29. The van der Waals surface area contributed by atoms with Crippen molar-refractivity contribution in [3.8, 4) is 0 Å². The number of thioether (sulfide) groups is 1. The van der Waals surface area contributed by atoms with Crippen LogP contribution in [0.1, 0.15) is 20.3 Å². The lowest BCUT2D eigenvalue weighted by Crippen LogP contribution is -2.53. The summed E-state index contributed by atoms with van der Waals surface area (Å²) in [4.78, 5) is 27.3. The topological polar surface area (TPSA) is 70.1 Å². The first-order chi connectivity index (χ1) is 9.95. The molecule has 7 heteroatoms. The normalized spacial score (nSPS) is 31.1. The van der Waals surface area contributed by atoms with E-state index in [4.69, 9.17) is 9.84 Å². The van der Waals surface area contributed by atoms with Gasteiger partial charge in [0.1, 0.15) is 0 Å². The molecule has 120 valence electrons. The van der Waals surface area contributed by atoms with Crippen molar-refractivity contribution < 1.29 is 19.4 Å². The summed E-state index contributed by atoms with van der Waals surface area (Å²) in [5.74, 6) is 1.03. The summed E-state index contributed by atoms with van der Waals surface area (Å²) < 4.78 is 5.64. The largest absolute Gasteiger partial charge is 0.481 e. The van der Waals surface area contributed by atoms with Gasteiger partial charge in [-0.3, -0.25) is 14.5 Å². The fourth-order valence-electron chi connectivity index (χ4n) is 2.94. The Balaban J connectivity index is 1.91. The van der Waals surface area contributed by atoms with Crippen LogP contribution >= 0.6 is 11.8 Å². The summed E-state index contributed by atoms with van der Waals surface area (Å²) in [5, 5.41) is 8.99. The summed E-state index contributed by atoms with van der Waals surface area (Å²) in [5.41, 5.74) is 0. The second-order valence-corrected chi connectivity index (χ2v) is 7.00. The molecule has 6 nitrogen and oxygen atoms in total. The molecule has 0 saturated carbocycles. The van der Waals surface area contributed by atoms with Crippen LogP contribution in [0.25, 0.3) is 0 Å². The zero-order valence-corrected chi connectivity index (χ0v) is 13.5. The van der Waals surface area contributed by atoms with Gasteiger partial charge in [0.05, 0.1) is 25.2 Å². The number of rotatable bonds is 4. The second kappa shape index (κ2) is 7.47. The number of nitrogens with zero attached hydrogens (tertiary/aromatic N) is 2. The minimum atomic E-state index is -0.798. The predicted octanol–water partition coefficient (Wildman–Crippen LogP) is 0.514. The Hall–Kier alpha value is -0.790. The summed E-state index contributed by atoms with van der Waals surface area (Å²) in [6, 6.07) is -0.0407. The van der Waals surface area contributed by atoms with E-state index in [-0.39, 0.29) is 30.6 Å². The smallest absolute Gasteiger partial charge is 0.304 e. The van der Waals surface area contributed by atoms with Gasteiger partial charge in [-0.15, -0.1) is 0 Å². The average Bonchev–Trinajstić information content (AvgIpc) is 2.39. The average molecular weight is 316 g/mol. The van der Waals surface area contributed by atoms with E-state index in [2.05, 4.69) is 0 Å². The minimum Gasteiger partial charge on any atom is -0.481 e. The molecule has 1 N–H and O–H groups in total.